The van der Waals surface area contributed by atoms with Crippen LogP contribution in [0.15, 0.2) is 30.5 Å². The molecule has 8 heteroatoms. The number of anilines is 3. The van der Waals surface area contributed by atoms with Gasteiger partial charge in [-0.2, -0.15) is 4.98 Å². The van der Waals surface area contributed by atoms with Gasteiger partial charge in [-0.1, -0.05) is 0 Å². The number of benzene rings is 1. The molecular weight excluding hydrogens is 359 g/mol. The summed E-state index contributed by atoms with van der Waals surface area (Å²) < 4.78 is 12.9. The molecule has 7 nitrogen and oxygen atoms in total. The zero-order valence-electron chi connectivity index (χ0n) is 16.5. The summed E-state index contributed by atoms with van der Waals surface area (Å²) in [6.07, 6.45) is 5.44. The van der Waals surface area contributed by atoms with E-state index in [1.165, 1.54) is 12.1 Å². The predicted octanol–water partition coefficient (Wildman–Crippen LogP) is 3.53. The number of carbonyl (C=O) groups excluding carboxylic acids is 1. The summed E-state index contributed by atoms with van der Waals surface area (Å²) in [6, 6.07) is 5.87. The normalized spacial score (nSPS) is 19.0. The summed E-state index contributed by atoms with van der Waals surface area (Å²) in [6.45, 7) is 1.99. The average Bonchev–Trinajstić information content (AvgIpc) is 2.66. The molecule has 0 spiro atoms. The Morgan fingerprint density at radius 1 is 1.11 bits per heavy atom. The third kappa shape index (κ3) is 5.31. The second-order valence-electron chi connectivity index (χ2n) is 7.39. The minimum Gasteiger partial charge on any atom is -0.362 e. The fraction of sp³-hybridized carbons (Fsp3) is 0.450. The second kappa shape index (κ2) is 8.86. The van der Waals surface area contributed by atoms with E-state index < -0.39 is 0 Å². The lowest BCUT2D eigenvalue weighted by Crippen LogP contribution is -2.42. The van der Waals surface area contributed by atoms with Gasteiger partial charge >= 0.3 is 6.03 Å². The molecule has 0 saturated heterocycles. The van der Waals surface area contributed by atoms with Crippen molar-refractivity contribution < 1.29 is 9.18 Å². The zero-order chi connectivity index (χ0) is 20.1. The average molecular weight is 386 g/mol. The van der Waals surface area contributed by atoms with Crippen molar-refractivity contribution in [2.45, 2.75) is 44.7 Å². The zero-order valence-corrected chi connectivity index (χ0v) is 16.5. The Morgan fingerprint density at radius 2 is 1.75 bits per heavy atom. The molecule has 0 aliphatic heterocycles. The Labute approximate surface area is 164 Å². The molecule has 0 atom stereocenters. The Hall–Kier alpha value is -2.90. The number of carbonyl (C=O) groups is 1. The molecule has 2 aromatic rings. The van der Waals surface area contributed by atoms with E-state index in [-0.39, 0.29) is 23.9 Å². The fourth-order valence-corrected chi connectivity index (χ4v) is 3.41. The number of amides is 2. The van der Waals surface area contributed by atoms with Gasteiger partial charge in [-0.3, -0.25) is 0 Å². The minimum absolute atomic E-state index is 0.120. The highest BCUT2D eigenvalue weighted by Gasteiger charge is 2.23. The van der Waals surface area contributed by atoms with Crippen LogP contribution in [0.4, 0.5) is 26.6 Å². The van der Waals surface area contributed by atoms with E-state index in [9.17, 15) is 9.18 Å². The van der Waals surface area contributed by atoms with Crippen molar-refractivity contribution in [3.63, 3.8) is 0 Å². The molecule has 1 aliphatic carbocycles. The van der Waals surface area contributed by atoms with Crippen LogP contribution >= 0.6 is 0 Å². The Kier molecular flexibility index (Phi) is 6.28. The van der Waals surface area contributed by atoms with E-state index in [1.807, 2.05) is 32.1 Å². The number of hydrogen-bond donors (Lipinski definition) is 3. The van der Waals surface area contributed by atoms with E-state index in [0.29, 0.717) is 11.6 Å². The molecule has 1 aromatic carbocycles. The lowest BCUT2D eigenvalue weighted by Gasteiger charge is -2.30. The number of nitrogens with zero attached hydrogens (tertiary/aromatic N) is 3. The summed E-state index contributed by atoms with van der Waals surface area (Å²) in [4.78, 5) is 23.1. The molecule has 1 heterocycles. The molecule has 150 valence electrons. The highest BCUT2D eigenvalue weighted by molar-refractivity contribution is 5.89. The molecule has 1 fully saturated rings. The van der Waals surface area contributed by atoms with Gasteiger partial charge in [0.25, 0.3) is 0 Å². The van der Waals surface area contributed by atoms with Gasteiger partial charge in [0.2, 0.25) is 5.95 Å². The van der Waals surface area contributed by atoms with Crippen LogP contribution in [-0.4, -0.2) is 42.2 Å². The first-order chi connectivity index (χ1) is 13.4. The SMILES string of the molecule is Cc1cnc(N[C@H]2CC[C@@H](NC(=O)Nc3ccc(F)cc3)CC2)nc1N(C)C. The topological polar surface area (TPSA) is 82.2 Å². The monoisotopic (exact) mass is 386 g/mol. The van der Waals surface area contributed by atoms with Gasteiger partial charge in [-0.05, 0) is 56.9 Å². The fourth-order valence-electron chi connectivity index (χ4n) is 3.41. The van der Waals surface area contributed by atoms with Crippen molar-refractivity contribution in [3.05, 3.63) is 41.8 Å². The standard InChI is InChI=1S/C20H27FN6O/c1-13-12-22-19(26-18(13)27(2)3)23-15-8-10-17(11-9-15)25-20(28)24-16-6-4-14(21)5-7-16/h4-7,12,15,17H,8-11H2,1-3H3,(H,22,23,26)(H2,24,25,28)/t15-,17+. The van der Waals surface area contributed by atoms with E-state index in [0.717, 1.165) is 37.1 Å². The van der Waals surface area contributed by atoms with Crippen molar-refractivity contribution in [2.75, 3.05) is 29.6 Å². The van der Waals surface area contributed by atoms with Crippen LogP contribution in [-0.2, 0) is 0 Å². The Balaban J connectivity index is 1.46. The number of hydrogen-bond acceptors (Lipinski definition) is 5. The molecule has 2 amide bonds. The van der Waals surface area contributed by atoms with Crippen LogP contribution in [0.3, 0.4) is 0 Å². The second-order valence-corrected chi connectivity index (χ2v) is 7.39. The lowest BCUT2D eigenvalue weighted by molar-refractivity contribution is 0.243. The van der Waals surface area contributed by atoms with Crippen molar-refractivity contribution >= 4 is 23.5 Å². The number of aryl methyl sites for hydroxylation is 1. The van der Waals surface area contributed by atoms with E-state index >= 15 is 0 Å². The van der Waals surface area contributed by atoms with Crippen molar-refractivity contribution in [1.29, 1.82) is 0 Å². The first kappa shape index (κ1) is 19.9. The van der Waals surface area contributed by atoms with Gasteiger partial charge in [-0.25, -0.2) is 14.2 Å². The van der Waals surface area contributed by atoms with Gasteiger partial charge < -0.3 is 20.9 Å². The molecule has 3 rings (SSSR count). The van der Waals surface area contributed by atoms with E-state index in [1.54, 1.807) is 12.1 Å². The van der Waals surface area contributed by atoms with Crippen LogP contribution in [0.25, 0.3) is 0 Å². The maximum atomic E-state index is 12.9. The van der Waals surface area contributed by atoms with E-state index in [4.69, 9.17) is 0 Å². The van der Waals surface area contributed by atoms with Crippen molar-refractivity contribution in [3.8, 4) is 0 Å². The molecule has 0 radical (unpaired) electrons. The summed E-state index contributed by atoms with van der Waals surface area (Å²) in [7, 11) is 3.93. The van der Waals surface area contributed by atoms with Crippen molar-refractivity contribution in [1.82, 2.24) is 15.3 Å². The largest absolute Gasteiger partial charge is 0.362 e. The molecular formula is C20H27FN6O. The number of halogens is 1. The smallest absolute Gasteiger partial charge is 0.319 e. The van der Waals surface area contributed by atoms with Crippen LogP contribution in [0.5, 0.6) is 0 Å². The quantitative estimate of drug-likeness (QED) is 0.732. The number of aromatic nitrogens is 2. The molecule has 0 bridgehead atoms. The summed E-state index contributed by atoms with van der Waals surface area (Å²) in [5.74, 6) is 1.22. The molecule has 3 N–H and O–H groups in total. The van der Waals surface area contributed by atoms with E-state index in [2.05, 4.69) is 25.9 Å². The number of rotatable bonds is 5. The maximum absolute atomic E-state index is 12.9. The van der Waals surface area contributed by atoms with Crippen LogP contribution in [0.1, 0.15) is 31.2 Å². The molecule has 1 saturated carbocycles. The number of urea groups is 1. The predicted molar refractivity (Wildman–Crippen MR) is 109 cm³/mol. The van der Waals surface area contributed by atoms with Gasteiger partial charge in [0.1, 0.15) is 11.6 Å². The molecule has 0 unspecified atom stereocenters. The van der Waals surface area contributed by atoms with Crippen LogP contribution in [0, 0.1) is 12.7 Å². The van der Waals surface area contributed by atoms with Crippen LogP contribution < -0.4 is 20.9 Å². The lowest BCUT2D eigenvalue weighted by atomic mass is 9.91. The summed E-state index contributed by atoms with van der Waals surface area (Å²) >= 11 is 0. The Bertz CT molecular complexity index is 803. The molecule has 1 aromatic heterocycles. The third-order valence-corrected chi connectivity index (χ3v) is 4.87. The number of nitrogens with one attached hydrogen (secondary N) is 3. The first-order valence-electron chi connectivity index (χ1n) is 9.51. The highest BCUT2D eigenvalue weighted by atomic mass is 19.1. The molecule has 1 aliphatic rings. The van der Waals surface area contributed by atoms with Gasteiger partial charge in [-0.15, -0.1) is 0 Å². The van der Waals surface area contributed by atoms with Gasteiger partial charge in [0.15, 0.2) is 0 Å². The van der Waals surface area contributed by atoms with Gasteiger partial charge in [0.05, 0.1) is 0 Å². The third-order valence-electron chi connectivity index (χ3n) is 4.87. The van der Waals surface area contributed by atoms with Crippen LogP contribution in [0.2, 0.25) is 0 Å². The van der Waals surface area contributed by atoms with Crippen molar-refractivity contribution in [2.24, 2.45) is 0 Å². The highest BCUT2D eigenvalue weighted by Crippen LogP contribution is 2.23. The Morgan fingerprint density at radius 3 is 2.39 bits per heavy atom. The maximum Gasteiger partial charge on any atom is 0.319 e. The summed E-state index contributed by atoms with van der Waals surface area (Å²) in [5, 5.41) is 9.13. The minimum atomic E-state index is -0.327. The first-order valence-corrected chi connectivity index (χ1v) is 9.51. The summed E-state index contributed by atoms with van der Waals surface area (Å²) in [5.41, 5.74) is 1.61. The van der Waals surface area contributed by atoms with Gasteiger partial charge in [0, 0.05) is 43.6 Å². The molecule has 28 heavy (non-hydrogen) atoms.